The van der Waals surface area contributed by atoms with Gasteiger partial charge in [-0.05, 0) is 25.7 Å². The van der Waals surface area contributed by atoms with Crippen LogP contribution in [-0.4, -0.2) is 36.0 Å². The van der Waals surface area contributed by atoms with E-state index < -0.39 is 0 Å². The highest BCUT2D eigenvalue weighted by molar-refractivity contribution is 7.11. The summed E-state index contributed by atoms with van der Waals surface area (Å²) >= 11 is 1.74. The van der Waals surface area contributed by atoms with Gasteiger partial charge in [0, 0.05) is 31.2 Å². The van der Waals surface area contributed by atoms with E-state index in [2.05, 4.69) is 27.1 Å². The Bertz CT molecular complexity index is 413. The number of aromatic nitrogens is 1. The third-order valence-electron chi connectivity index (χ3n) is 3.26. The number of hydrogen-bond acceptors (Lipinski definition) is 3. The molecule has 0 radical (unpaired) electrons. The number of piperidine rings is 1. The number of hydrogen-bond donors (Lipinski definition) is 1. The molecule has 4 nitrogen and oxygen atoms in total. The molecule has 5 heteroatoms. The number of guanidine groups is 1. The van der Waals surface area contributed by atoms with Crippen LogP contribution in [0.4, 0.5) is 0 Å². The van der Waals surface area contributed by atoms with E-state index in [4.69, 9.17) is 0 Å². The molecule has 1 aliphatic heterocycles. The highest BCUT2D eigenvalue weighted by Crippen LogP contribution is 2.16. The summed E-state index contributed by atoms with van der Waals surface area (Å²) in [5, 5.41) is 4.55. The van der Waals surface area contributed by atoms with Gasteiger partial charge in [0.1, 0.15) is 0 Å². The largest absolute Gasteiger partial charge is 0.351 e. The first-order valence-corrected chi connectivity index (χ1v) is 7.37. The number of nitrogens with one attached hydrogen (secondary N) is 1. The molecule has 1 aliphatic rings. The van der Waals surface area contributed by atoms with Crippen molar-refractivity contribution in [2.75, 3.05) is 20.1 Å². The van der Waals surface area contributed by atoms with Crippen molar-refractivity contribution >= 4 is 17.3 Å². The predicted octanol–water partition coefficient (Wildman–Crippen LogP) is 2.26. The molecule has 18 heavy (non-hydrogen) atoms. The highest BCUT2D eigenvalue weighted by atomic mass is 32.1. The Morgan fingerprint density at radius 1 is 1.67 bits per heavy atom. The van der Waals surface area contributed by atoms with Gasteiger partial charge in [-0.25, -0.2) is 4.98 Å². The second kappa shape index (κ2) is 6.18. The van der Waals surface area contributed by atoms with E-state index in [-0.39, 0.29) is 0 Å². The van der Waals surface area contributed by atoms with Crippen molar-refractivity contribution in [3.8, 4) is 0 Å². The van der Waals surface area contributed by atoms with Crippen LogP contribution in [0.15, 0.2) is 11.2 Å². The average molecular weight is 266 g/mol. The quantitative estimate of drug-likeness (QED) is 0.659. The molecule has 0 aromatic carbocycles. The number of aryl methyl sites for hydroxylation is 1. The van der Waals surface area contributed by atoms with E-state index in [9.17, 15) is 0 Å². The van der Waals surface area contributed by atoms with Gasteiger partial charge in [0.2, 0.25) is 0 Å². The number of aliphatic imine (C=N–C) groups is 1. The van der Waals surface area contributed by atoms with E-state index in [0.717, 1.165) is 36.5 Å². The molecule has 0 bridgehead atoms. The lowest BCUT2D eigenvalue weighted by Crippen LogP contribution is -2.45. The lowest BCUT2D eigenvalue weighted by Gasteiger charge is -2.33. The molecule has 2 heterocycles. The SMILES string of the molecule is CN=C(NCc1cnc(C)s1)N1CCCC(C)C1. The van der Waals surface area contributed by atoms with E-state index in [1.165, 1.54) is 17.7 Å². The summed E-state index contributed by atoms with van der Waals surface area (Å²) in [5.74, 6) is 1.79. The molecule has 0 saturated carbocycles. The summed E-state index contributed by atoms with van der Waals surface area (Å²) in [5.41, 5.74) is 0. The van der Waals surface area contributed by atoms with Crippen LogP contribution in [0.25, 0.3) is 0 Å². The van der Waals surface area contributed by atoms with Gasteiger partial charge in [-0.1, -0.05) is 6.92 Å². The first kappa shape index (κ1) is 13.3. The molecule has 0 aliphatic carbocycles. The van der Waals surface area contributed by atoms with Gasteiger partial charge < -0.3 is 10.2 Å². The van der Waals surface area contributed by atoms with Gasteiger partial charge >= 0.3 is 0 Å². The normalized spacial score (nSPS) is 21.2. The Morgan fingerprint density at radius 2 is 2.50 bits per heavy atom. The van der Waals surface area contributed by atoms with Gasteiger partial charge in [-0.15, -0.1) is 11.3 Å². The lowest BCUT2D eigenvalue weighted by molar-refractivity contribution is 0.266. The van der Waals surface area contributed by atoms with Crippen LogP contribution in [0, 0.1) is 12.8 Å². The molecular weight excluding hydrogens is 244 g/mol. The topological polar surface area (TPSA) is 40.5 Å². The molecule has 0 amide bonds. The van der Waals surface area contributed by atoms with Crippen molar-refractivity contribution in [1.29, 1.82) is 0 Å². The minimum absolute atomic E-state index is 0.767. The molecule has 0 spiro atoms. The minimum atomic E-state index is 0.767. The van der Waals surface area contributed by atoms with Gasteiger partial charge in [0.15, 0.2) is 5.96 Å². The fourth-order valence-corrected chi connectivity index (χ4v) is 3.10. The maximum Gasteiger partial charge on any atom is 0.193 e. The molecule has 1 aromatic heterocycles. The molecule has 1 N–H and O–H groups in total. The van der Waals surface area contributed by atoms with E-state index in [1.54, 1.807) is 11.3 Å². The molecule has 1 unspecified atom stereocenters. The smallest absolute Gasteiger partial charge is 0.193 e. The van der Waals surface area contributed by atoms with E-state index in [1.807, 2.05) is 20.2 Å². The minimum Gasteiger partial charge on any atom is -0.351 e. The van der Waals surface area contributed by atoms with Crippen LogP contribution >= 0.6 is 11.3 Å². The van der Waals surface area contributed by atoms with Gasteiger partial charge in [0.05, 0.1) is 11.6 Å². The first-order chi connectivity index (χ1) is 8.69. The standard InChI is InChI=1S/C13H22N4S/c1-10-5-4-6-17(9-10)13(14-3)16-8-12-7-15-11(2)18-12/h7,10H,4-6,8-9H2,1-3H3,(H,14,16). The average Bonchev–Trinajstić information content (AvgIpc) is 2.76. The molecule has 1 aromatic rings. The zero-order valence-corrected chi connectivity index (χ0v) is 12.3. The zero-order chi connectivity index (χ0) is 13.0. The third kappa shape index (κ3) is 3.45. The van der Waals surface area contributed by atoms with Crippen molar-refractivity contribution in [3.05, 3.63) is 16.1 Å². The van der Waals surface area contributed by atoms with E-state index in [0.29, 0.717) is 0 Å². The summed E-state index contributed by atoms with van der Waals surface area (Å²) in [6.45, 7) is 7.40. The Kier molecular flexibility index (Phi) is 4.58. The molecule has 100 valence electrons. The second-order valence-corrected chi connectivity index (χ2v) is 6.26. The van der Waals surface area contributed by atoms with Crippen molar-refractivity contribution < 1.29 is 0 Å². The Balaban J connectivity index is 1.89. The maximum absolute atomic E-state index is 4.38. The van der Waals surface area contributed by atoms with Crippen molar-refractivity contribution in [2.45, 2.75) is 33.2 Å². The molecule has 1 atom stereocenters. The summed E-state index contributed by atoms with van der Waals surface area (Å²) in [4.78, 5) is 12.3. The summed E-state index contributed by atoms with van der Waals surface area (Å²) in [7, 11) is 1.86. The van der Waals surface area contributed by atoms with Gasteiger partial charge in [0.25, 0.3) is 0 Å². The monoisotopic (exact) mass is 266 g/mol. The van der Waals surface area contributed by atoms with Crippen molar-refractivity contribution in [2.24, 2.45) is 10.9 Å². The number of rotatable bonds is 2. The Morgan fingerprint density at radius 3 is 3.11 bits per heavy atom. The second-order valence-electron chi connectivity index (χ2n) is 4.94. The van der Waals surface area contributed by atoms with E-state index >= 15 is 0 Å². The number of likely N-dealkylation sites (tertiary alicyclic amines) is 1. The van der Waals surface area contributed by atoms with Crippen LogP contribution in [0.3, 0.4) is 0 Å². The van der Waals surface area contributed by atoms with Crippen LogP contribution in [0.2, 0.25) is 0 Å². The third-order valence-corrected chi connectivity index (χ3v) is 4.17. The fraction of sp³-hybridized carbons (Fsp3) is 0.692. The van der Waals surface area contributed by atoms with Gasteiger partial charge in [-0.2, -0.15) is 0 Å². The lowest BCUT2D eigenvalue weighted by atomic mass is 10.0. The Hall–Kier alpha value is -1.10. The first-order valence-electron chi connectivity index (χ1n) is 6.56. The predicted molar refractivity (Wildman–Crippen MR) is 77.0 cm³/mol. The highest BCUT2D eigenvalue weighted by Gasteiger charge is 2.19. The number of thiazole rings is 1. The molecule has 2 rings (SSSR count). The van der Waals surface area contributed by atoms with Crippen LogP contribution in [0.1, 0.15) is 29.7 Å². The summed E-state index contributed by atoms with van der Waals surface area (Å²) in [6.07, 6.45) is 4.54. The fourth-order valence-electron chi connectivity index (χ4n) is 2.37. The van der Waals surface area contributed by atoms with Crippen LogP contribution in [-0.2, 0) is 6.54 Å². The van der Waals surface area contributed by atoms with Crippen molar-refractivity contribution in [3.63, 3.8) is 0 Å². The summed E-state index contributed by atoms with van der Waals surface area (Å²) < 4.78 is 0. The molecule has 1 fully saturated rings. The van der Waals surface area contributed by atoms with Crippen molar-refractivity contribution in [1.82, 2.24) is 15.2 Å². The Labute approximate surface area is 113 Å². The van der Waals surface area contributed by atoms with Gasteiger partial charge in [-0.3, -0.25) is 4.99 Å². The number of nitrogens with zero attached hydrogens (tertiary/aromatic N) is 3. The van der Waals surface area contributed by atoms with Crippen LogP contribution < -0.4 is 5.32 Å². The zero-order valence-electron chi connectivity index (χ0n) is 11.4. The maximum atomic E-state index is 4.38. The van der Waals surface area contributed by atoms with Crippen LogP contribution in [0.5, 0.6) is 0 Å². The molecule has 1 saturated heterocycles. The molecular formula is C13H22N4S. The summed E-state index contributed by atoms with van der Waals surface area (Å²) in [6, 6.07) is 0.